The Labute approximate surface area is 141 Å². The van der Waals surface area contributed by atoms with Crippen molar-refractivity contribution in [2.24, 2.45) is 0 Å². The first kappa shape index (κ1) is 18.1. The highest BCUT2D eigenvalue weighted by atomic mass is 19.1. The van der Waals surface area contributed by atoms with E-state index >= 15 is 0 Å². The number of aliphatic hydroxyl groups is 1. The minimum absolute atomic E-state index is 0.00632. The van der Waals surface area contributed by atoms with E-state index in [0.29, 0.717) is 13.1 Å². The Kier molecular flexibility index (Phi) is 6.90. The van der Waals surface area contributed by atoms with Gasteiger partial charge in [0.1, 0.15) is 5.82 Å². The number of amides is 1. The van der Waals surface area contributed by atoms with E-state index in [1.807, 2.05) is 42.2 Å². The van der Waals surface area contributed by atoms with E-state index < -0.39 is 0 Å². The van der Waals surface area contributed by atoms with Gasteiger partial charge in [0.15, 0.2) is 0 Å². The Bertz CT molecular complexity index is 632. The smallest absolute Gasteiger partial charge is 0.234 e. The largest absolute Gasteiger partial charge is 0.395 e. The molecule has 0 saturated heterocycles. The van der Waals surface area contributed by atoms with Gasteiger partial charge in [-0.25, -0.2) is 4.39 Å². The van der Waals surface area contributed by atoms with E-state index in [0.717, 1.165) is 11.1 Å². The molecule has 2 aromatic rings. The van der Waals surface area contributed by atoms with Crippen LogP contribution in [0.1, 0.15) is 24.1 Å². The van der Waals surface area contributed by atoms with Gasteiger partial charge < -0.3 is 10.4 Å². The first-order valence-corrected chi connectivity index (χ1v) is 8.00. The first-order chi connectivity index (χ1) is 11.6. The van der Waals surface area contributed by atoms with Crippen molar-refractivity contribution < 1.29 is 14.3 Å². The van der Waals surface area contributed by atoms with Gasteiger partial charge in [0.05, 0.1) is 19.2 Å². The van der Waals surface area contributed by atoms with E-state index in [2.05, 4.69) is 5.32 Å². The van der Waals surface area contributed by atoms with Crippen LogP contribution in [0.2, 0.25) is 0 Å². The molecular formula is C19H23FN2O2. The average Bonchev–Trinajstić information content (AvgIpc) is 2.56. The maximum absolute atomic E-state index is 13.0. The van der Waals surface area contributed by atoms with Gasteiger partial charge in [0.2, 0.25) is 5.91 Å². The number of carbonyl (C=O) groups is 1. The summed E-state index contributed by atoms with van der Waals surface area (Å²) in [5, 5.41) is 12.1. The molecule has 4 nitrogen and oxygen atoms in total. The Morgan fingerprint density at radius 2 is 1.83 bits per heavy atom. The number of hydrogen-bond donors (Lipinski definition) is 2. The Hall–Kier alpha value is -2.24. The van der Waals surface area contributed by atoms with Crippen molar-refractivity contribution >= 4 is 5.91 Å². The maximum atomic E-state index is 13.0. The lowest BCUT2D eigenvalue weighted by molar-refractivity contribution is -0.123. The van der Waals surface area contributed by atoms with E-state index in [4.69, 9.17) is 0 Å². The monoisotopic (exact) mass is 330 g/mol. The minimum atomic E-state index is -0.297. The molecule has 0 saturated carbocycles. The molecular weight excluding hydrogens is 307 g/mol. The number of aliphatic hydroxyl groups excluding tert-OH is 1. The van der Waals surface area contributed by atoms with Crippen molar-refractivity contribution in [3.63, 3.8) is 0 Å². The van der Waals surface area contributed by atoms with Crippen molar-refractivity contribution in [3.8, 4) is 0 Å². The summed E-state index contributed by atoms with van der Waals surface area (Å²) in [6.45, 7) is 3.07. The van der Waals surface area contributed by atoms with Gasteiger partial charge >= 0.3 is 0 Å². The Morgan fingerprint density at radius 1 is 1.17 bits per heavy atom. The molecule has 0 bridgehead atoms. The molecule has 0 aliphatic rings. The second-order valence-corrected chi connectivity index (χ2v) is 5.76. The lowest BCUT2D eigenvalue weighted by Gasteiger charge is -2.22. The molecule has 0 spiro atoms. The highest BCUT2D eigenvalue weighted by Gasteiger charge is 2.14. The van der Waals surface area contributed by atoms with Gasteiger partial charge in [0, 0.05) is 13.1 Å². The summed E-state index contributed by atoms with van der Waals surface area (Å²) in [4.78, 5) is 14.2. The maximum Gasteiger partial charge on any atom is 0.234 e. The molecule has 0 aliphatic heterocycles. The fourth-order valence-corrected chi connectivity index (χ4v) is 2.52. The fourth-order valence-electron chi connectivity index (χ4n) is 2.52. The molecule has 128 valence electrons. The summed E-state index contributed by atoms with van der Waals surface area (Å²) in [6, 6.07) is 15.7. The van der Waals surface area contributed by atoms with E-state index in [-0.39, 0.29) is 30.9 Å². The zero-order valence-electron chi connectivity index (χ0n) is 13.8. The molecule has 1 atom stereocenters. The highest BCUT2D eigenvalue weighted by molar-refractivity contribution is 5.78. The number of hydrogen-bond acceptors (Lipinski definition) is 3. The zero-order valence-corrected chi connectivity index (χ0v) is 13.8. The van der Waals surface area contributed by atoms with Crippen LogP contribution in [-0.4, -0.2) is 35.6 Å². The molecule has 0 fully saturated rings. The van der Waals surface area contributed by atoms with Crippen molar-refractivity contribution in [2.75, 3.05) is 19.7 Å². The predicted molar refractivity (Wildman–Crippen MR) is 91.8 cm³/mol. The van der Waals surface area contributed by atoms with Gasteiger partial charge in [-0.15, -0.1) is 0 Å². The topological polar surface area (TPSA) is 52.6 Å². The summed E-state index contributed by atoms with van der Waals surface area (Å²) < 4.78 is 13.0. The van der Waals surface area contributed by atoms with Crippen LogP contribution >= 0.6 is 0 Å². The summed E-state index contributed by atoms with van der Waals surface area (Å²) in [7, 11) is 0. The van der Waals surface area contributed by atoms with Crippen molar-refractivity contribution in [3.05, 3.63) is 71.5 Å². The van der Waals surface area contributed by atoms with Crippen LogP contribution in [0.25, 0.3) is 0 Å². The summed E-state index contributed by atoms with van der Waals surface area (Å²) >= 11 is 0. The van der Waals surface area contributed by atoms with Crippen LogP contribution in [0.4, 0.5) is 4.39 Å². The zero-order chi connectivity index (χ0) is 17.4. The number of halogens is 1. The Morgan fingerprint density at radius 3 is 2.46 bits per heavy atom. The van der Waals surface area contributed by atoms with Crippen LogP contribution in [0.3, 0.4) is 0 Å². The van der Waals surface area contributed by atoms with Gasteiger partial charge in [-0.2, -0.15) is 0 Å². The SMILES string of the molecule is CC(NC(=O)CN(CCO)Cc1ccccc1)c1ccc(F)cc1. The summed E-state index contributed by atoms with van der Waals surface area (Å²) in [5.41, 5.74) is 1.94. The normalized spacial score (nSPS) is 12.2. The molecule has 2 rings (SSSR count). The van der Waals surface area contributed by atoms with Crippen molar-refractivity contribution in [2.45, 2.75) is 19.5 Å². The molecule has 1 unspecified atom stereocenters. The number of nitrogens with one attached hydrogen (secondary N) is 1. The fraction of sp³-hybridized carbons (Fsp3) is 0.316. The number of nitrogens with zero attached hydrogens (tertiary/aromatic N) is 1. The number of benzene rings is 2. The second-order valence-electron chi connectivity index (χ2n) is 5.76. The predicted octanol–water partition coefficient (Wildman–Crippen LogP) is 2.50. The van der Waals surface area contributed by atoms with E-state index in [1.54, 1.807) is 12.1 Å². The van der Waals surface area contributed by atoms with E-state index in [9.17, 15) is 14.3 Å². The molecule has 24 heavy (non-hydrogen) atoms. The molecule has 2 N–H and O–H groups in total. The van der Waals surface area contributed by atoms with Crippen LogP contribution in [0.5, 0.6) is 0 Å². The van der Waals surface area contributed by atoms with Crippen LogP contribution in [-0.2, 0) is 11.3 Å². The van der Waals surface area contributed by atoms with Crippen LogP contribution in [0.15, 0.2) is 54.6 Å². The van der Waals surface area contributed by atoms with Gasteiger partial charge in [-0.3, -0.25) is 9.69 Å². The molecule has 0 radical (unpaired) electrons. The number of carbonyl (C=O) groups excluding carboxylic acids is 1. The van der Waals surface area contributed by atoms with Crippen LogP contribution in [0, 0.1) is 5.82 Å². The third kappa shape index (κ3) is 5.76. The average molecular weight is 330 g/mol. The first-order valence-electron chi connectivity index (χ1n) is 8.00. The molecule has 0 aromatic heterocycles. The lowest BCUT2D eigenvalue weighted by Crippen LogP contribution is -2.39. The van der Waals surface area contributed by atoms with Crippen molar-refractivity contribution in [1.82, 2.24) is 10.2 Å². The minimum Gasteiger partial charge on any atom is -0.395 e. The molecule has 2 aromatic carbocycles. The molecule has 0 aliphatic carbocycles. The highest BCUT2D eigenvalue weighted by Crippen LogP contribution is 2.13. The van der Waals surface area contributed by atoms with Crippen LogP contribution < -0.4 is 5.32 Å². The van der Waals surface area contributed by atoms with Gasteiger partial charge in [0.25, 0.3) is 0 Å². The quantitative estimate of drug-likeness (QED) is 0.782. The van der Waals surface area contributed by atoms with E-state index in [1.165, 1.54) is 12.1 Å². The molecule has 1 amide bonds. The molecule has 5 heteroatoms. The van der Waals surface area contributed by atoms with Crippen molar-refractivity contribution in [1.29, 1.82) is 0 Å². The summed E-state index contributed by atoms with van der Waals surface area (Å²) in [5.74, 6) is -0.425. The number of rotatable bonds is 8. The van der Waals surface area contributed by atoms with Gasteiger partial charge in [-0.05, 0) is 30.2 Å². The third-order valence-electron chi connectivity index (χ3n) is 3.78. The molecule has 0 heterocycles. The third-order valence-corrected chi connectivity index (χ3v) is 3.78. The lowest BCUT2D eigenvalue weighted by atomic mass is 10.1. The Balaban J connectivity index is 1.91. The second kappa shape index (κ2) is 9.15. The van der Waals surface area contributed by atoms with Gasteiger partial charge in [-0.1, -0.05) is 42.5 Å². The standard InChI is InChI=1S/C19H23FN2O2/c1-15(17-7-9-18(20)10-8-17)21-19(24)14-22(11-12-23)13-16-5-3-2-4-6-16/h2-10,15,23H,11-14H2,1H3,(H,21,24). The summed E-state index contributed by atoms with van der Waals surface area (Å²) in [6.07, 6.45) is 0.